The summed E-state index contributed by atoms with van der Waals surface area (Å²) in [4.78, 5) is 11.7. The third-order valence-corrected chi connectivity index (χ3v) is 3.42. The van der Waals surface area contributed by atoms with Gasteiger partial charge >= 0.3 is 0 Å². The summed E-state index contributed by atoms with van der Waals surface area (Å²) in [6.07, 6.45) is 1.46. The number of benzene rings is 1. The fourth-order valence-electron chi connectivity index (χ4n) is 1.88. The van der Waals surface area contributed by atoms with Gasteiger partial charge < -0.3 is 15.4 Å². The van der Waals surface area contributed by atoms with E-state index in [0.717, 1.165) is 17.7 Å². The highest BCUT2D eigenvalue weighted by molar-refractivity contribution is 5.76. The molecule has 0 heterocycles. The van der Waals surface area contributed by atoms with Gasteiger partial charge in [-0.3, -0.25) is 4.79 Å². The molecule has 1 rings (SSSR count). The minimum Gasteiger partial charge on any atom is -0.497 e. The number of hydrogen-bond acceptors (Lipinski definition) is 3. The van der Waals surface area contributed by atoms with Crippen LogP contribution in [0.2, 0.25) is 0 Å². The van der Waals surface area contributed by atoms with Crippen LogP contribution in [-0.2, 0) is 4.79 Å². The minimum atomic E-state index is 0.102. The van der Waals surface area contributed by atoms with Crippen LogP contribution in [0.5, 0.6) is 5.75 Å². The van der Waals surface area contributed by atoms with Crippen LogP contribution in [0, 0.1) is 0 Å². The van der Waals surface area contributed by atoms with E-state index >= 15 is 0 Å². The largest absolute Gasteiger partial charge is 0.497 e. The van der Waals surface area contributed by atoms with E-state index in [9.17, 15) is 4.79 Å². The second-order valence-electron chi connectivity index (χ2n) is 5.08. The van der Waals surface area contributed by atoms with Crippen molar-refractivity contribution >= 4 is 5.91 Å². The summed E-state index contributed by atoms with van der Waals surface area (Å²) in [5.74, 6) is 0.954. The third-order valence-electron chi connectivity index (χ3n) is 3.42. The molecule has 4 heteroatoms. The SMILES string of the molecule is CCC(C)NC(=O)CCNC(C)c1cccc(OC)c1. The molecule has 112 valence electrons. The van der Waals surface area contributed by atoms with Crippen LogP contribution in [0.1, 0.15) is 45.2 Å². The molecule has 0 saturated heterocycles. The Morgan fingerprint density at radius 3 is 2.75 bits per heavy atom. The van der Waals surface area contributed by atoms with Crippen molar-refractivity contribution in [1.82, 2.24) is 10.6 Å². The quantitative estimate of drug-likeness (QED) is 0.768. The molecule has 0 saturated carbocycles. The highest BCUT2D eigenvalue weighted by Gasteiger charge is 2.08. The Balaban J connectivity index is 2.35. The number of carbonyl (C=O) groups is 1. The van der Waals surface area contributed by atoms with E-state index in [1.807, 2.05) is 25.1 Å². The zero-order chi connectivity index (χ0) is 15.0. The van der Waals surface area contributed by atoms with Gasteiger partial charge in [-0.1, -0.05) is 19.1 Å². The summed E-state index contributed by atoms with van der Waals surface area (Å²) in [5.41, 5.74) is 1.16. The molecule has 1 aromatic carbocycles. The highest BCUT2D eigenvalue weighted by Crippen LogP contribution is 2.18. The first-order valence-corrected chi connectivity index (χ1v) is 7.23. The van der Waals surface area contributed by atoms with Crippen molar-refractivity contribution < 1.29 is 9.53 Å². The number of carbonyl (C=O) groups excluding carboxylic acids is 1. The molecule has 0 radical (unpaired) electrons. The van der Waals surface area contributed by atoms with E-state index in [1.54, 1.807) is 7.11 Å². The lowest BCUT2D eigenvalue weighted by Crippen LogP contribution is -2.34. The van der Waals surface area contributed by atoms with E-state index in [0.29, 0.717) is 13.0 Å². The summed E-state index contributed by atoms with van der Waals surface area (Å²) in [5, 5.41) is 6.32. The molecule has 2 unspecified atom stereocenters. The van der Waals surface area contributed by atoms with E-state index < -0.39 is 0 Å². The molecule has 4 nitrogen and oxygen atoms in total. The van der Waals surface area contributed by atoms with E-state index in [1.165, 1.54) is 0 Å². The van der Waals surface area contributed by atoms with Gasteiger partial charge in [0.2, 0.25) is 5.91 Å². The Kier molecular flexibility index (Phi) is 7.09. The molecule has 0 fully saturated rings. The van der Waals surface area contributed by atoms with Gasteiger partial charge in [-0.2, -0.15) is 0 Å². The first-order valence-electron chi connectivity index (χ1n) is 7.23. The van der Waals surface area contributed by atoms with Crippen molar-refractivity contribution in [2.45, 2.75) is 45.7 Å². The van der Waals surface area contributed by atoms with Crippen molar-refractivity contribution in [3.05, 3.63) is 29.8 Å². The summed E-state index contributed by atoms with van der Waals surface area (Å²) in [6, 6.07) is 8.41. The summed E-state index contributed by atoms with van der Waals surface area (Å²) in [7, 11) is 1.66. The first-order chi connectivity index (χ1) is 9.56. The zero-order valence-electron chi connectivity index (χ0n) is 12.9. The van der Waals surface area contributed by atoms with Gasteiger partial charge in [0, 0.05) is 25.0 Å². The normalized spacial score (nSPS) is 13.6. The van der Waals surface area contributed by atoms with Crippen molar-refractivity contribution in [3.63, 3.8) is 0 Å². The average molecular weight is 278 g/mol. The molecule has 2 N–H and O–H groups in total. The number of rotatable bonds is 8. The maximum absolute atomic E-state index is 11.7. The van der Waals surface area contributed by atoms with Crippen LogP contribution in [0.4, 0.5) is 0 Å². The molecule has 0 aliphatic heterocycles. The molecule has 1 aromatic rings. The Hall–Kier alpha value is -1.55. The number of hydrogen-bond donors (Lipinski definition) is 2. The van der Waals surface area contributed by atoms with Crippen LogP contribution in [0.15, 0.2) is 24.3 Å². The summed E-state index contributed by atoms with van der Waals surface area (Å²) >= 11 is 0. The second-order valence-corrected chi connectivity index (χ2v) is 5.08. The highest BCUT2D eigenvalue weighted by atomic mass is 16.5. The van der Waals surface area contributed by atoms with Crippen LogP contribution in [-0.4, -0.2) is 25.6 Å². The molecular formula is C16H26N2O2. The number of nitrogens with one attached hydrogen (secondary N) is 2. The Morgan fingerprint density at radius 2 is 2.10 bits per heavy atom. The summed E-state index contributed by atoms with van der Waals surface area (Å²) < 4.78 is 5.21. The van der Waals surface area contributed by atoms with Crippen molar-refractivity contribution in [3.8, 4) is 5.75 Å². The standard InChI is InChI=1S/C16H26N2O2/c1-5-12(2)18-16(19)9-10-17-13(3)14-7-6-8-15(11-14)20-4/h6-8,11-13,17H,5,9-10H2,1-4H3,(H,18,19). The molecular weight excluding hydrogens is 252 g/mol. The van der Waals surface area contributed by atoms with Gasteiger partial charge in [0.1, 0.15) is 5.75 Å². The molecule has 0 aromatic heterocycles. The maximum Gasteiger partial charge on any atom is 0.221 e. The van der Waals surface area contributed by atoms with Crippen LogP contribution in [0.3, 0.4) is 0 Å². The Labute approximate surface area is 121 Å². The zero-order valence-corrected chi connectivity index (χ0v) is 12.9. The first kappa shape index (κ1) is 16.5. The average Bonchev–Trinajstić information content (AvgIpc) is 2.46. The van der Waals surface area contributed by atoms with Gasteiger partial charge in [0.05, 0.1) is 7.11 Å². The maximum atomic E-state index is 11.7. The fraction of sp³-hybridized carbons (Fsp3) is 0.562. The number of amides is 1. The minimum absolute atomic E-state index is 0.102. The van der Waals surface area contributed by atoms with Crippen LogP contribution >= 0.6 is 0 Å². The van der Waals surface area contributed by atoms with Gasteiger partial charge in [-0.25, -0.2) is 0 Å². The van der Waals surface area contributed by atoms with Gasteiger partial charge in [0.15, 0.2) is 0 Å². The van der Waals surface area contributed by atoms with Crippen LogP contribution < -0.4 is 15.4 Å². The monoisotopic (exact) mass is 278 g/mol. The van der Waals surface area contributed by atoms with Gasteiger partial charge in [-0.15, -0.1) is 0 Å². The van der Waals surface area contributed by atoms with Crippen molar-refractivity contribution in [1.29, 1.82) is 0 Å². The Morgan fingerprint density at radius 1 is 1.35 bits per heavy atom. The smallest absolute Gasteiger partial charge is 0.221 e. The molecule has 2 atom stereocenters. The predicted octanol–water partition coefficient (Wildman–Crippen LogP) is 2.65. The van der Waals surface area contributed by atoms with Gasteiger partial charge in [0.25, 0.3) is 0 Å². The second kappa shape index (κ2) is 8.59. The third kappa shape index (κ3) is 5.61. The van der Waals surface area contributed by atoms with Crippen molar-refractivity contribution in [2.75, 3.05) is 13.7 Å². The predicted molar refractivity (Wildman–Crippen MR) is 81.9 cm³/mol. The Bertz CT molecular complexity index is 421. The van der Waals surface area contributed by atoms with E-state index in [-0.39, 0.29) is 18.0 Å². The lowest BCUT2D eigenvalue weighted by molar-refractivity contribution is -0.121. The van der Waals surface area contributed by atoms with E-state index in [2.05, 4.69) is 30.5 Å². The fourth-order valence-corrected chi connectivity index (χ4v) is 1.88. The summed E-state index contributed by atoms with van der Waals surface area (Å²) in [6.45, 7) is 6.83. The number of methoxy groups -OCH3 is 1. The molecule has 1 amide bonds. The molecule has 0 bridgehead atoms. The lowest BCUT2D eigenvalue weighted by atomic mass is 10.1. The molecule has 0 aliphatic carbocycles. The molecule has 0 aliphatic rings. The van der Waals surface area contributed by atoms with Gasteiger partial charge in [-0.05, 0) is 38.0 Å². The topological polar surface area (TPSA) is 50.4 Å². The molecule has 0 spiro atoms. The lowest BCUT2D eigenvalue weighted by Gasteiger charge is -2.16. The number of ether oxygens (including phenoxy) is 1. The van der Waals surface area contributed by atoms with E-state index in [4.69, 9.17) is 4.74 Å². The van der Waals surface area contributed by atoms with Crippen molar-refractivity contribution in [2.24, 2.45) is 0 Å². The molecule has 20 heavy (non-hydrogen) atoms. The van der Waals surface area contributed by atoms with Crippen LogP contribution in [0.25, 0.3) is 0 Å².